The molecular formula is C26H37N3O3Si. The number of ketones is 1. The molecule has 1 heterocycles. The second-order valence-corrected chi connectivity index (χ2v) is 15.0. The molecule has 1 aliphatic heterocycles. The number of rotatable bonds is 9. The quantitative estimate of drug-likeness (QED) is 0.574. The fourth-order valence-electron chi connectivity index (χ4n) is 3.99. The summed E-state index contributed by atoms with van der Waals surface area (Å²) in [6.07, 6.45) is 0.275. The predicted molar refractivity (Wildman–Crippen MR) is 136 cm³/mol. The van der Waals surface area contributed by atoms with Gasteiger partial charge in [-0.25, -0.2) is 0 Å². The zero-order chi connectivity index (χ0) is 24.0. The zero-order valence-electron chi connectivity index (χ0n) is 20.6. The third kappa shape index (κ3) is 7.25. The van der Waals surface area contributed by atoms with Crippen LogP contribution in [0.15, 0.2) is 48.5 Å². The normalized spacial score (nSPS) is 16.3. The highest BCUT2D eigenvalue weighted by Gasteiger charge is 2.25. The molecule has 1 atom stereocenters. The molecule has 2 aromatic carbocycles. The molecule has 1 aliphatic rings. The summed E-state index contributed by atoms with van der Waals surface area (Å²) in [7, 11) is 2.31. The molecule has 0 saturated carbocycles. The van der Waals surface area contributed by atoms with Crippen molar-refractivity contribution in [2.24, 2.45) is 0 Å². The molecule has 0 aromatic heterocycles. The van der Waals surface area contributed by atoms with E-state index in [4.69, 9.17) is 4.74 Å². The first-order valence-electron chi connectivity index (χ1n) is 11.6. The summed E-state index contributed by atoms with van der Waals surface area (Å²) in [4.78, 5) is 30.6. The van der Waals surface area contributed by atoms with E-state index in [1.54, 1.807) is 7.11 Å². The topological polar surface area (TPSA) is 61.9 Å². The van der Waals surface area contributed by atoms with E-state index in [1.165, 1.54) is 5.19 Å². The smallest absolute Gasteiger partial charge is 0.235 e. The van der Waals surface area contributed by atoms with E-state index in [1.807, 2.05) is 36.4 Å². The van der Waals surface area contributed by atoms with E-state index in [2.05, 4.69) is 53.9 Å². The molecule has 6 nitrogen and oxygen atoms in total. The van der Waals surface area contributed by atoms with Crippen LogP contribution in [0.4, 0.5) is 0 Å². The number of benzene rings is 2. The minimum Gasteiger partial charge on any atom is -0.497 e. The van der Waals surface area contributed by atoms with Gasteiger partial charge in [0.2, 0.25) is 5.91 Å². The van der Waals surface area contributed by atoms with Gasteiger partial charge in [0.05, 0.1) is 21.7 Å². The highest BCUT2D eigenvalue weighted by Crippen LogP contribution is 2.20. The standard InChI is InChI=1S/C26H37N3O3Si/c1-28-14-16-29(17-15-28)19-25(31)27-26(21-8-10-22(32-2)11-9-21)24(30)18-20-6-12-23(13-7-20)33(3,4)5/h6-13,26H,14-19H2,1-5H3,(H,27,31). The second-order valence-electron chi connectivity index (χ2n) is 9.94. The highest BCUT2D eigenvalue weighted by atomic mass is 28.3. The van der Waals surface area contributed by atoms with Gasteiger partial charge in [0, 0.05) is 32.6 Å². The average Bonchev–Trinajstić information content (AvgIpc) is 2.79. The fourth-order valence-corrected chi connectivity index (χ4v) is 5.15. The average molecular weight is 468 g/mol. The fraction of sp³-hybridized carbons (Fsp3) is 0.462. The van der Waals surface area contributed by atoms with E-state index in [0.717, 1.165) is 43.1 Å². The Balaban J connectivity index is 1.73. The number of likely N-dealkylation sites (N-methyl/N-ethyl adjacent to an activating group) is 1. The van der Waals surface area contributed by atoms with Crippen LogP contribution in [0.2, 0.25) is 19.6 Å². The van der Waals surface area contributed by atoms with E-state index in [0.29, 0.717) is 6.54 Å². The summed E-state index contributed by atoms with van der Waals surface area (Å²) >= 11 is 0. The number of piperazine rings is 1. The SMILES string of the molecule is COc1ccc(C(NC(=O)CN2CCN(C)CC2)C(=O)Cc2ccc([Si](C)(C)C)cc2)cc1. The van der Waals surface area contributed by atoms with Crippen LogP contribution in [0.1, 0.15) is 17.2 Å². The molecule has 33 heavy (non-hydrogen) atoms. The number of carbonyl (C=O) groups is 2. The van der Waals surface area contributed by atoms with Crippen molar-refractivity contribution in [3.63, 3.8) is 0 Å². The molecule has 1 unspecified atom stereocenters. The van der Waals surface area contributed by atoms with Gasteiger partial charge in [-0.2, -0.15) is 0 Å². The minimum absolute atomic E-state index is 0.0207. The minimum atomic E-state index is -1.39. The van der Waals surface area contributed by atoms with E-state index < -0.39 is 14.1 Å². The zero-order valence-corrected chi connectivity index (χ0v) is 21.6. The van der Waals surface area contributed by atoms with Gasteiger partial charge in [0.15, 0.2) is 5.78 Å². The first-order valence-corrected chi connectivity index (χ1v) is 15.1. The molecule has 0 spiro atoms. The monoisotopic (exact) mass is 467 g/mol. The van der Waals surface area contributed by atoms with Gasteiger partial charge in [-0.15, -0.1) is 0 Å². The lowest BCUT2D eigenvalue weighted by Gasteiger charge is -2.32. The maximum atomic E-state index is 13.4. The summed E-state index contributed by atoms with van der Waals surface area (Å²) in [6.45, 7) is 10.8. The molecular weight excluding hydrogens is 430 g/mol. The van der Waals surface area contributed by atoms with Crippen molar-refractivity contribution in [2.75, 3.05) is 46.9 Å². The molecule has 7 heteroatoms. The summed E-state index contributed by atoms with van der Waals surface area (Å²) < 4.78 is 5.25. The number of nitrogens with zero attached hydrogens (tertiary/aromatic N) is 2. The van der Waals surface area contributed by atoms with Gasteiger partial charge in [0.1, 0.15) is 11.8 Å². The van der Waals surface area contributed by atoms with Crippen LogP contribution in [0, 0.1) is 0 Å². The highest BCUT2D eigenvalue weighted by molar-refractivity contribution is 6.88. The van der Waals surface area contributed by atoms with Crippen molar-refractivity contribution in [2.45, 2.75) is 32.1 Å². The lowest BCUT2D eigenvalue weighted by molar-refractivity contribution is -0.128. The number of nitrogens with one attached hydrogen (secondary N) is 1. The van der Waals surface area contributed by atoms with Crippen LogP contribution in [-0.4, -0.2) is 76.4 Å². The van der Waals surface area contributed by atoms with Crippen molar-refractivity contribution >= 4 is 25.0 Å². The largest absolute Gasteiger partial charge is 0.497 e. The molecule has 1 fully saturated rings. The van der Waals surface area contributed by atoms with E-state index in [9.17, 15) is 9.59 Å². The predicted octanol–water partition coefficient (Wildman–Crippen LogP) is 2.46. The third-order valence-corrected chi connectivity index (χ3v) is 8.30. The Morgan fingerprint density at radius 2 is 1.58 bits per heavy atom. The van der Waals surface area contributed by atoms with Crippen LogP contribution in [0.5, 0.6) is 5.75 Å². The maximum Gasteiger partial charge on any atom is 0.235 e. The molecule has 2 aromatic rings. The number of ether oxygens (including phenoxy) is 1. The molecule has 0 radical (unpaired) electrons. The molecule has 0 bridgehead atoms. The maximum absolute atomic E-state index is 13.4. The lowest BCUT2D eigenvalue weighted by Crippen LogP contribution is -2.49. The number of amides is 1. The van der Waals surface area contributed by atoms with Crippen LogP contribution in [-0.2, 0) is 16.0 Å². The summed E-state index contributed by atoms with van der Waals surface area (Å²) in [5, 5.41) is 4.37. The van der Waals surface area contributed by atoms with Gasteiger partial charge < -0.3 is 15.0 Å². The number of hydrogen-bond acceptors (Lipinski definition) is 5. The van der Waals surface area contributed by atoms with Gasteiger partial charge in [-0.05, 0) is 30.3 Å². The number of hydrogen-bond donors (Lipinski definition) is 1. The van der Waals surface area contributed by atoms with Crippen LogP contribution in [0.3, 0.4) is 0 Å². The molecule has 178 valence electrons. The van der Waals surface area contributed by atoms with Crippen LogP contribution in [0.25, 0.3) is 0 Å². The van der Waals surface area contributed by atoms with Gasteiger partial charge in [-0.1, -0.05) is 61.2 Å². The third-order valence-electron chi connectivity index (χ3n) is 6.24. The molecule has 0 aliphatic carbocycles. The summed E-state index contributed by atoms with van der Waals surface area (Å²) in [5.74, 6) is 0.575. The molecule has 1 saturated heterocycles. The molecule has 1 N–H and O–H groups in total. The number of carbonyl (C=O) groups excluding carboxylic acids is 2. The van der Waals surface area contributed by atoms with Gasteiger partial charge in [0.25, 0.3) is 0 Å². The number of Topliss-reactive ketones (excluding diaryl/α,β-unsaturated/α-hetero) is 1. The summed E-state index contributed by atoms with van der Waals surface area (Å²) in [6, 6.07) is 15.0. The van der Waals surface area contributed by atoms with Crippen molar-refractivity contribution in [3.05, 3.63) is 59.7 Å². The van der Waals surface area contributed by atoms with E-state index in [-0.39, 0.29) is 18.1 Å². The Kier molecular flexibility index (Phi) is 8.45. The lowest BCUT2D eigenvalue weighted by atomic mass is 9.97. The van der Waals surface area contributed by atoms with Crippen LogP contribution < -0.4 is 15.2 Å². The van der Waals surface area contributed by atoms with Gasteiger partial charge >= 0.3 is 0 Å². The van der Waals surface area contributed by atoms with Crippen molar-refractivity contribution < 1.29 is 14.3 Å². The second kappa shape index (κ2) is 11.1. The summed E-state index contributed by atoms with van der Waals surface area (Å²) in [5.41, 5.74) is 1.74. The Hall–Kier alpha value is -2.48. The number of methoxy groups -OCH3 is 1. The Morgan fingerprint density at radius 1 is 0.970 bits per heavy atom. The van der Waals surface area contributed by atoms with Crippen molar-refractivity contribution in [1.82, 2.24) is 15.1 Å². The van der Waals surface area contributed by atoms with Crippen molar-refractivity contribution in [1.29, 1.82) is 0 Å². The first-order chi connectivity index (χ1) is 15.7. The molecule has 1 amide bonds. The van der Waals surface area contributed by atoms with Crippen molar-refractivity contribution in [3.8, 4) is 5.75 Å². The van der Waals surface area contributed by atoms with Gasteiger partial charge in [-0.3, -0.25) is 14.5 Å². The Bertz CT molecular complexity index is 931. The van der Waals surface area contributed by atoms with E-state index >= 15 is 0 Å². The first kappa shape index (κ1) is 25.1. The Morgan fingerprint density at radius 3 is 2.12 bits per heavy atom. The Labute approximate surface area is 198 Å². The molecule has 3 rings (SSSR count). The van der Waals surface area contributed by atoms with Crippen LogP contribution >= 0.6 is 0 Å².